The number of thiophene rings is 1. The number of oxime groups is 1. The minimum Gasteiger partial charge on any atom is -0.409 e. The molecule has 0 saturated carbocycles. The van der Waals surface area contributed by atoms with Crippen LogP contribution in [-0.4, -0.2) is 59.0 Å². The van der Waals surface area contributed by atoms with Crippen LogP contribution in [0.2, 0.25) is 0 Å². The van der Waals surface area contributed by atoms with Crippen LogP contribution in [-0.2, 0) is 0 Å². The van der Waals surface area contributed by atoms with E-state index in [1.165, 1.54) is 0 Å². The Morgan fingerprint density at radius 2 is 2.19 bits per heavy atom. The Balaban J connectivity index is 1.95. The van der Waals surface area contributed by atoms with Gasteiger partial charge in [-0.25, -0.2) is 0 Å². The van der Waals surface area contributed by atoms with Crippen LogP contribution in [0.1, 0.15) is 23.7 Å². The fourth-order valence-electron chi connectivity index (χ4n) is 2.56. The van der Waals surface area contributed by atoms with E-state index in [9.17, 15) is 4.79 Å². The second kappa shape index (κ2) is 7.41. The minimum atomic E-state index is -0.0608. The summed E-state index contributed by atoms with van der Waals surface area (Å²) in [6.07, 6.45) is 0.784. The highest BCUT2D eigenvalue weighted by atomic mass is 127. The molecule has 0 bridgehead atoms. The van der Waals surface area contributed by atoms with Crippen LogP contribution in [0.4, 0.5) is 0 Å². The van der Waals surface area contributed by atoms with Gasteiger partial charge in [0, 0.05) is 31.6 Å². The number of rotatable bonds is 4. The van der Waals surface area contributed by atoms with Gasteiger partial charge in [0.15, 0.2) is 5.84 Å². The number of halogens is 1. The molecule has 0 spiro atoms. The van der Waals surface area contributed by atoms with Crippen LogP contribution < -0.4 is 5.73 Å². The first-order valence-corrected chi connectivity index (χ1v) is 8.77. The molecular weight excluding hydrogens is 403 g/mol. The van der Waals surface area contributed by atoms with Crippen molar-refractivity contribution in [1.29, 1.82) is 0 Å². The SMILES string of the molecule is CCC(C(N)=NO)N1CCN(C(=O)c2csc(I)c2)CC1. The number of hydrogen-bond acceptors (Lipinski definition) is 5. The predicted molar refractivity (Wildman–Crippen MR) is 92.0 cm³/mol. The van der Waals surface area contributed by atoms with Gasteiger partial charge in [0.2, 0.25) is 0 Å². The fraction of sp³-hybridized carbons (Fsp3) is 0.538. The molecule has 0 radical (unpaired) electrons. The summed E-state index contributed by atoms with van der Waals surface area (Å²) in [7, 11) is 0. The highest BCUT2D eigenvalue weighted by molar-refractivity contribution is 14.1. The van der Waals surface area contributed by atoms with E-state index in [4.69, 9.17) is 10.9 Å². The van der Waals surface area contributed by atoms with Crippen molar-refractivity contribution in [3.63, 3.8) is 0 Å². The van der Waals surface area contributed by atoms with Crippen LogP contribution in [0.5, 0.6) is 0 Å². The monoisotopic (exact) mass is 422 g/mol. The van der Waals surface area contributed by atoms with Crippen molar-refractivity contribution >= 4 is 45.7 Å². The Morgan fingerprint density at radius 1 is 1.52 bits per heavy atom. The Bertz CT molecular complexity index is 526. The predicted octanol–water partition coefficient (Wildman–Crippen LogP) is 1.64. The van der Waals surface area contributed by atoms with Gasteiger partial charge >= 0.3 is 0 Å². The number of carbonyl (C=O) groups excluding carboxylic acids is 1. The molecular formula is C13H19IN4O2S. The molecule has 1 saturated heterocycles. The summed E-state index contributed by atoms with van der Waals surface area (Å²) in [6.45, 7) is 4.82. The molecule has 21 heavy (non-hydrogen) atoms. The molecule has 2 rings (SSSR count). The molecule has 116 valence electrons. The van der Waals surface area contributed by atoms with Gasteiger partial charge in [-0.05, 0) is 35.1 Å². The molecule has 1 unspecified atom stereocenters. The Hall–Kier alpha value is -0.870. The lowest BCUT2D eigenvalue weighted by Crippen LogP contribution is -2.55. The van der Waals surface area contributed by atoms with Crippen molar-refractivity contribution in [2.75, 3.05) is 26.2 Å². The third-order valence-electron chi connectivity index (χ3n) is 3.70. The smallest absolute Gasteiger partial charge is 0.254 e. The first-order valence-electron chi connectivity index (χ1n) is 6.81. The largest absolute Gasteiger partial charge is 0.409 e. The standard InChI is InChI=1S/C13H19IN4O2S/c1-2-10(12(15)16-20)17-3-5-18(6-4-17)13(19)9-7-11(14)21-8-9/h7-8,10,20H,2-6H2,1H3,(H2,15,16). The lowest BCUT2D eigenvalue weighted by Gasteiger charge is -2.38. The highest BCUT2D eigenvalue weighted by Crippen LogP contribution is 2.19. The zero-order valence-corrected chi connectivity index (χ0v) is 14.8. The number of carbonyl (C=O) groups is 1. The Kier molecular flexibility index (Phi) is 5.82. The lowest BCUT2D eigenvalue weighted by atomic mass is 10.1. The quantitative estimate of drug-likeness (QED) is 0.254. The van der Waals surface area contributed by atoms with E-state index in [1.807, 2.05) is 23.3 Å². The molecule has 0 aromatic carbocycles. The highest BCUT2D eigenvalue weighted by Gasteiger charge is 2.28. The summed E-state index contributed by atoms with van der Waals surface area (Å²) in [6, 6.07) is 1.86. The van der Waals surface area contributed by atoms with E-state index in [1.54, 1.807) is 11.3 Å². The molecule has 0 aliphatic carbocycles. The molecule has 1 aromatic heterocycles. The van der Waals surface area contributed by atoms with Gasteiger partial charge in [-0.3, -0.25) is 9.69 Å². The molecule has 3 N–H and O–H groups in total. The van der Waals surface area contributed by atoms with Crippen molar-refractivity contribution in [3.05, 3.63) is 19.9 Å². The average Bonchev–Trinajstić information content (AvgIpc) is 2.94. The average molecular weight is 422 g/mol. The summed E-state index contributed by atoms with van der Waals surface area (Å²) in [4.78, 5) is 16.4. The zero-order valence-electron chi connectivity index (χ0n) is 11.8. The molecule has 1 atom stereocenters. The van der Waals surface area contributed by atoms with Gasteiger partial charge in [0.05, 0.1) is 14.5 Å². The number of hydrogen-bond donors (Lipinski definition) is 2. The van der Waals surface area contributed by atoms with E-state index in [0.717, 1.165) is 28.0 Å². The van der Waals surface area contributed by atoms with Crippen molar-refractivity contribution in [2.45, 2.75) is 19.4 Å². The van der Waals surface area contributed by atoms with Gasteiger partial charge in [0.1, 0.15) is 0 Å². The van der Waals surface area contributed by atoms with Crippen molar-refractivity contribution in [3.8, 4) is 0 Å². The van der Waals surface area contributed by atoms with Crippen LogP contribution >= 0.6 is 33.9 Å². The molecule has 8 heteroatoms. The van der Waals surface area contributed by atoms with Gasteiger partial charge in [-0.2, -0.15) is 0 Å². The first kappa shape index (κ1) is 16.5. The number of nitrogens with two attached hydrogens (primary N) is 1. The molecule has 1 fully saturated rings. The minimum absolute atomic E-state index is 0.0608. The normalized spacial score (nSPS) is 18.8. The maximum Gasteiger partial charge on any atom is 0.254 e. The van der Waals surface area contributed by atoms with Crippen molar-refractivity contribution < 1.29 is 10.0 Å². The summed E-state index contributed by atoms with van der Waals surface area (Å²) >= 11 is 3.80. The van der Waals surface area contributed by atoms with Crippen molar-refractivity contribution in [2.24, 2.45) is 10.9 Å². The number of piperazine rings is 1. The summed E-state index contributed by atoms with van der Waals surface area (Å²) in [5.41, 5.74) is 6.49. The molecule has 1 aliphatic heterocycles. The lowest BCUT2D eigenvalue weighted by molar-refractivity contribution is 0.0609. The van der Waals surface area contributed by atoms with E-state index in [-0.39, 0.29) is 17.8 Å². The van der Waals surface area contributed by atoms with Gasteiger partial charge in [-0.15, -0.1) is 11.3 Å². The molecule has 1 amide bonds. The second-order valence-electron chi connectivity index (χ2n) is 4.92. The van der Waals surface area contributed by atoms with E-state index < -0.39 is 0 Å². The van der Waals surface area contributed by atoms with Gasteiger partial charge in [0.25, 0.3) is 5.91 Å². The fourth-order valence-corrected chi connectivity index (χ4v) is 3.88. The topological polar surface area (TPSA) is 82.2 Å². The molecule has 6 nitrogen and oxygen atoms in total. The van der Waals surface area contributed by atoms with E-state index in [2.05, 4.69) is 32.6 Å². The Labute approximate surface area is 141 Å². The summed E-state index contributed by atoms with van der Waals surface area (Å²) in [5.74, 6) is 0.329. The number of amidine groups is 1. The van der Waals surface area contributed by atoms with Gasteiger partial charge in [-0.1, -0.05) is 12.1 Å². The zero-order chi connectivity index (χ0) is 15.4. The maximum absolute atomic E-state index is 12.4. The van der Waals surface area contributed by atoms with Crippen LogP contribution in [0, 0.1) is 2.88 Å². The van der Waals surface area contributed by atoms with E-state index in [0.29, 0.717) is 13.1 Å². The second-order valence-corrected chi connectivity index (χ2v) is 7.72. The first-order chi connectivity index (χ1) is 10.1. The number of amides is 1. The van der Waals surface area contributed by atoms with Gasteiger partial charge < -0.3 is 15.8 Å². The third kappa shape index (κ3) is 3.86. The maximum atomic E-state index is 12.4. The van der Waals surface area contributed by atoms with Crippen LogP contribution in [0.25, 0.3) is 0 Å². The van der Waals surface area contributed by atoms with E-state index >= 15 is 0 Å². The third-order valence-corrected chi connectivity index (χ3v) is 5.49. The van der Waals surface area contributed by atoms with Crippen LogP contribution in [0.3, 0.4) is 0 Å². The number of nitrogens with zero attached hydrogens (tertiary/aromatic N) is 3. The Morgan fingerprint density at radius 3 is 2.67 bits per heavy atom. The van der Waals surface area contributed by atoms with Crippen molar-refractivity contribution in [1.82, 2.24) is 9.80 Å². The molecule has 2 heterocycles. The summed E-state index contributed by atoms with van der Waals surface area (Å²) in [5, 5.41) is 13.8. The molecule has 1 aromatic rings. The summed E-state index contributed by atoms with van der Waals surface area (Å²) < 4.78 is 1.12. The molecule has 1 aliphatic rings. The van der Waals surface area contributed by atoms with Crippen LogP contribution in [0.15, 0.2) is 16.6 Å².